The number of aliphatic hydroxyl groups excluding tert-OH is 1. The van der Waals surface area contributed by atoms with Gasteiger partial charge in [-0.2, -0.15) is 0 Å². The van der Waals surface area contributed by atoms with Crippen LogP contribution in [-0.4, -0.2) is 83.5 Å². The Morgan fingerprint density at radius 2 is 1.93 bits per heavy atom. The van der Waals surface area contributed by atoms with E-state index in [2.05, 4.69) is 46.3 Å². The van der Waals surface area contributed by atoms with Gasteiger partial charge < -0.3 is 14.9 Å². The first-order valence-electron chi connectivity index (χ1n) is 10.1. The molecular formula is C20H29N5O3. The lowest BCUT2D eigenvalue weighted by molar-refractivity contribution is -0.138. The molecule has 3 saturated heterocycles. The molecule has 4 rings (SSSR count). The van der Waals surface area contributed by atoms with Crippen LogP contribution < -0.4 is 10.2 Å². The molecule has 0 bridgehead atoms. The van der Waals surface area contributed by atoms with Gasteiger partial charge in [0, 0.05) is 39.0 Å². The molecule has 3 heterocycles. The number of rotatable bonds is 5. The van der Waals surface area contributed by atoms with Crippen LogP contribution in [0.2, 0.25) is 0 Å². The van der Waals surface area contributed by atoms with Gasteiger partial charge in [-0.25, -0.2) is 4.79 Å². The number of carbonyl (C=O) groups excluding carboxylic acids is 2. The Morgan fingerprint density at radius 1 is 1.18 bits per heavy atom. The Kier molecular flexibility index (Phi) is 5.27. The average Bonchev–Trinajstić information content (AvgIpc) is 3.12. The molecule has 3 amide bonds. The number of hydrogen-bond acceptors (Lipinski definition) is 6. The predicted octanol–water partition coefficient (Wildman–Crippen LogP) is 0.619. The van der Waals surface area contributed by atoms with Crippen LogP contribution in [0.25, 0.3) is 0 Å². The lowest BCUT2D eigenvalue weighted by Gasteiger charge is -2.43. The molecular weight excluding hydrogens is 358 g/mol. The number of urea groups is 1. The van der Waals surface area contributed by atoms with Crippen molar-refractivity contribution in [2.24, 2.45) is 0 Å². The fourth-order valence-corrected chi connectivity index (χ4v) is 4.54. The summed E-state index contributed by atoms with van der Waals surface area (Å²) in [6.07, 6.45) is 1.90. The summed E-state index contributed by atoms with van der Waals surface area (Å²) < 4.78 is 0. The van der Waals surface area contributed by atoms with Gasteiger partial charge in [0.25, 0.3) is 5.91 Å². The highest BCUT2D eigenvalue weighted by Gasteiger charge is 2.55. The minimum atomic E-state index is -0.399. The van der Waals surface area contributed by atoms with E-state index in [0.717, 1.165) is 31.6 Å². The van der Waals surface area contributed by atoms with Gasteiger partial charge in [-0.1, -0.05) is 19.1 Å². The first kappa shape index (κ1) is 19.2. The maximum absolute atomic E-state index is 13.1. The number of imide groups is 1. The van der Waals surface area contributed by atoms with E-state index in [4.69, 9.17) is 5.11 Å². The van der Waals surface area contributed by atoms with E-state index in [0.29, 0.717) is 6.42 Å². The molecule has 28 heavy (non-hydrogen) atoms. The summed E-state index contributed by atoms with van der Waals surface area (Å²) in [4.78, 5) is 33.2. The summed E-state index contributed by atoms with van der Waals surface area (Å²) in [5, 5.41) is 12.6. The zero-order chi connectivity index (χ0) is 19.8. The molecule has 0 radical (unpaired) electrons. The van der Waals surface area contributed by atoms with Crippen molar-refractivity contribution in [3.63, 3.8) is 0 Å². The number of amides is 3. The van der Waals surface area contributed by atoms with Crippen LogP contribution in [0.5, 0.6) is 0 Å². The largest absolute Gasteiger partial charge is 0.396 e. The summed E-state index contributed by atoms with van der Waals surface area (Å²) in [6.45, 7) is 4.06. The summed E-state index contributed by atoms with van der Waals surface area (Å²) in [5.74, 6) is -0.167. The van der Waals surface area contributed by atoms with Gasteiger partial charge in [-0.3, -0.25) is 19.9 Å². The first-order chi connectivity index (χ1) is 13.6. The summed E-state index contributed by atoms with van der Waals surface area (Å²) in [6, 6.07) is 7.86. The Morgan fingerprint density at radius 3 is 2.61 bits per heavy atom. The van der Waals surface area contributed by atoms with Gasteiger partial charge in [-0.05, 0) is 37.0 Å². The Bertz CT molecular complexity index is 740. The second-order valence-corrected chi connectivity index (χ2v) is 7.70. The third-order valence-electron chi connectivity index (χ3n) is 6.09. The molecule has 8 nitrogen and oxygen atoms in total. The van der Waals surface area contributed by atoms with Crippen LogP contribution in [-0.2, 0) is 11.2 Å². The molecule has 3 aliphatic heterocycles. The van der Waals surface area contributed by atoms with E-state index in [1.165, 1.54) is 10.5 Å². The molecule has 3 fully saturated rings. The third-order valence-corrected chi connectivity index (χ3v) is 6.09. The van der Waals surface area contributed by atoms with Crippen molar-refractivity contribution in [3.05, 3.63) is 29.8 Å². The van der Waals surface area contributed by atoms with Crippen molar-refractivity contribution < 1.29 is 14.7 Å². The van der Waals surface area contributed by atoms with Gasteiger partial charge in [0.1, 0.15) is 18.5 Å². The molecule has 1 aromatic carbocycles. The number of benzene rings is 1. The lowest BCUT2D eigenvalue weighted by Crippen LogP contribution is -2.66. The van der Waals surface area contributed by atoms with Crippen LogP contribution in [0.15, 0.2) is 24.3 Å². The quantitative estimate of drug-likeness (QED) is 0.771. The van der Waals surface area contributed by atoms with Crippen LogP contribution in [0.1, 0.15) is 25.3 Å². The molecule has 0 aromatic heterocycles. The third kappa shape index (κ3) is 3.05. The van der Waals surface area contributed by atoms with E-state index < -0.39 is 6.04 Å². The van der Waals surface area contributed by atoms with Crippen molar-refractivity contribution in [2.75, 3.05) is 38.2 Å². The van der Waals surface area contributed by atoms with Crippen molar-refractivity contribution in [1.82, 2.24) is 20.0 Å². The van der Waals surface area contributed by atoms with E-state index in [-0.39, 0.29) is 37.5 Å². The number of fused-ring (bicyclic) bond motifs is 3. The van der Waals surface area contributed by atoms with Gasteiger partial charge in [-0.15, -0.1) is 0 Å². The Balaban J connectivity index is 1.60. The molecule has 8 heteroatoms. The zero-order valence-electron chi connectivity index (χ0n) is 16.5. The molecule has 0 aliphatic carbocycles. The first-order valence-corrected chi connectivity index (χ1v) is 10.1. The van der Waals surface area contributed by atoms with E-state index >= 15 is 0 Å². The average molecular weight is 387 g/mol. The van der Waals surface area contributed by atoms with Crippen molar-refractivity contribution in [3.8, 4) is 0 Å². The summed E-state index contributed by atoms with van der Waals surface area (Å²) in [7, 11) is 1.74. The Hall–Kier alpha value is -2.16. The highest BCUT2D eigenvalue weighted by Crippen LogP contribution is 2.33. The van der Waals surface area contributed by atoms with Crippen LogP contribution >= 0.6 is 0 Å². The van der Waals surface area contributed by atoms with Crippen molar-refractivity contribution in [2.45, 2.75) is 44.7 Å². The molecule has 152 valence electrons. The molecule has 1 aromatic rings. The van der Waals surface area contributed by atoms with Gasteiger partial charge >= 0.3 is 6.03 Å². The monoisotopic (exact) mass is 387 g/mol. The van der Waals surface area contributed by atoms with Gasteiger partial charge in [0.2, 0.25) is 0 Å². The number of anilines is 1. The number of nitrogens with zero attached hydrogens (tertiary/aromatic N) is 4. The summed E-state index contributed by atoms with van der Waals surface area (Å²) in [5.41, 5.74) is 2.42. The number of carbonyl (C=O) groups is 2. The molecule has 0 saturated carbocycles. The zero-order valence-corrected chi connectivity index (χ0v) is 16.5. The predicted molar refractivity (Wildman–Crippen MR) is 106 cm³/mol. The van der Waals surface area contributed by atoms with E-state index in [1.807, 2.05) is 0 Å². The number of nitrogens with one attached hydrogen (secondary N) is 1. The maximum Gasteiger partial charge on any atom is 0.327 e. The molecule has 2 N–H and O–H groups in total. The number of aryl methyl sites for hydroxylation is 1. The fourth-order valence-electron chi connectivity index (χ4n) is 4.54. The van der Waals surface area contributed by atoms with Gasteiger partial charge in [0.05, 0.1) is 0 Å². The fraction of sp³-hybridized carbons (Fsp3) is 0.600. The molecule has 3 atom stereocenters. The SMILES string of the molecule is CCc1ccc(N2CCCN3C4C(=O)N(CCCO)C(=O)N(C)C4NC23)cc1. The van der Waals surface area contributed by atoms with Gasteiger partial charge in [0.15, 0.2) is 0 Å². The van der Waals surface area contributed by atoms with E-state index in [9.17, 15) is 9.59 Å². The number of hydrogen-bond donors (Lipinski definition) is 2. The normalized spacial score (nSPS) is 28.0. The highest BCUT2D eigenvalue weighted by molar-refractivity contribution is 6.00. The lowest BCUT2D eigenvalue weighted by atomic mass is 10.1. The maximum atomic E-state index is 13.1. The van der Waals surface area contributed by atoms with E-state index in [1.54, 1.807) is 11.9 Å². The van der Waals surface area contributed by atoms with Crippen molar-refractivity contribution >= 4 is 17.6 Å². The topological polar surface area (TPSA) is 79.4 Å². The Labute approximate surface area is 165 Å². The second-order valence-electron chi connectivity index (χ2n) is 7.70. The second kappa shape index (κ2) is 7.69. The van der Waals surface area contributed by atoms with Crippen LogP contribution in [0.3, 0.4) is 0 Å². The minimum Gasteiger partial charge on any atom is -0.396 e. The standard InChI is InChI=1S/C20H29N5O3/c1-3-14-6-8-15(9-7-14)23-10-4-11-24-16-17(21-19(23)24)22(2)20(28)25(18(16)27)12-5-13-26/h6-9,16-17,19,21,26H,3-5,10-13H2,1-2H3. The summed E-state index contributed by atoms with van der Waals surface area (Å²) >= 11 is 0. The van der Waals surface area contributed by atoms with Crippen molar-refractivity contribution in [1.29, 1.82) is 0 Å². The smallest absolute Gasteiger partial charge is 0.327 e. The number of likely N-dealkylation sites (N-methyl/N-ethyl adjacent to an activating group) is 1. The van der Waals surface area contributed by atoms with Crippen LogP contribution in [0, 0.1) is 0 Å². The molecule has 0 spiro atoms. The highest BCUT2D eigenvalue weighted by atomic mass is 16.3. The minimum absolute atomic E-state index is 0.0407. The molecule has 3 unspecified atom stereocenters. The number of aliphatic hydroxyl groups is 1. The molecule has 3 aliphatic rings. The van der Waals surface area contributed by atoms with Crippen LogP contribution in [0.4, 0.5) is 10.5 Å².